The van der Waals surface area contributed by atoms with Crippen molar-refractivity contribution in [2.24, 2.45) is 0 Å². The number of ether oxygens (including phenoxy) is 1. The lowest BCUT2D eigenvalue weighted by atomic mass is 10.2. The number of hydrogen-bond donors (Lipinski definition) is 0. The van der Waals surface area contributed by atoms with Gasteiger partial charge in [0.05, 0.1) is 18.8 Å². The predicted molar refractivity (Wildman–Crippen MR) is 112 cm³/mol. The molecule has 4 rings (SSSR count). The third-order valence-corrected chi connectivity index (χ3v) is 6.04. The SMILES string of the molecule is COCCn1c(SCc2csc(-c3ccccc3)n2)nnc1-c1ccncc1. The smallest absolute Gasteiger partial charge is 0.191 e. The van der Waals surface area contributed by atoms with Crippen LogP contribution in [0.15, 0.2) is 65.4 Å². The average molecular weight is 410 g/mol. The van der Waals surface area contributed by atoms with Gasteiger partial charge in [-0.1, -0.05) is 42.1 Å². The summed E-state index contributed by atoms with van der Waals surface area (Å²) in [6.07, 6.45) is 3.52. The Morgan fingerprint density at radius 3 is 2.64 bits per heavy atom. The molecule has 0 saturated heterocycles. The molecule has 0 radical (unpaired) electrons. The zero-order valence-electron chi connectivity index (χ0n) is 15.4. The summed E-state index contributed by atoms with van der Waals surface area (Å²) in [4.78, 5) is 8.84. The summed E-state index contributed by atoms with van der Waals surface area (Å²) < 4.78 is 7.36. The van der Waals surface area contributed by atoms with E-state index in [1.165, 1.54) is 0 Å². The lowest BCUT2D eigenvalue weighted by Crippen LogP contribution is -2.07. The van der Waals surface area contributed by atoms with Crippen LogP contribution in [0.3, 0.4) is 0 Å². The van der Waals surface area contributed by atoms with Gasteiger partial charge in [0.25, 0.3) is 0 Å². The van der Waals surface area contributed by atoms with Crippen LogP contribution in [0.1, 0.15) is 5.69 Å². The molecule has 6 nitrogen and oxygen atoms in total. The predicted octanol–water partition coefficient (Wildman–Crippen LogP) is 4.40. The normalized spacial score (nSPS) is 11.0. The second-order valence-electron chi connectivity index (χ2n) is 5.99. The van der Waals surface area contributed by atoms with E-state index in [0.29, 0.717) is 13.2 Å². The number of rotatable bonds is 8. The molecule has 3 aromatic heterocycles. The van der Waals surface area contributed by atoms with Crippen LogP contribution in [-0.2, 0) is 17.0 Å². The van der Waals surface area contributed by atoms with E-state index >= 15 is 0 Å². The van der Waals surface area contributed by atoms with E-state index in [-0.39, 0.29) is 0 Å². The van der Waals surface area contributed by atoms with Gasteiger partial charge in [-0.2, -0.15) is 0 Å². The highest BCUT2D eigenvalue weighted by Crippen LogP contribution is 2.29. The first-order valence-corrected chi connectivity index (χ1v) is 10.7. The largest absolute Gasteiger partial charge is 0.383 e. The third kappa shape index (κ3) is 4.30. The summed E-state index contributed by atoms with van der Waals surface area (Å²) >= 11 is 3.30. The van der Waals surface area contributed by atoms with Gasteiger partial charge in [-0.15, -0.1) is 21.5 Å². The Kier molecular flexibility index (Phi) is 6.11. The fraction of sp³-hybridized carbons (Fsp3) is 0.200. The quantitative estimate of drug-likeness (QED) is 0.402. The maximum absolute atomic E-state index is 5.27. The van der Waals surface area contributed by atoms with Gasteiger partial charge in [0, 0.05) is 41.8 Å². The second-order valence-corrected chi connectivity index (χ2v) is 7.79. The van der Waals surface area contributed by atoms with Crippen molar-refractivity contribution in [3.8, 4) is 22.0 Å². The van der Waals surface area contributed by atoms with Crippen molar-refractivity contribution in [3.05, 3.63) is 65.9 Å². The van der Waals surface area contributed by atoms with Crippen LogP contribution in [0.4, 0.5) is 0 Å². The van der Waals surface area contributed by atoms with E-state index in [1.807, 2.05) is 30.3 Å². The summed E-state index contributed by atoms with van der Waals surface area (Å²) in [6.45, 7) is 1.29. The molecule has 8 heteroatoms. The first-order valence-electron chi connectivity index (χ1n) is 8.80. The maximum atomic E-state index is 5.27. The van der Waals surface area contributed by atoms with Gasteiger partial charge in [-0.05, 0) is 12.1 Å². The van der Waals surface area contributed by atoms with Crippen molar-refractivity contribution in [2.45, 2.75) is 17.5 Å². The molecule has 0 N–H and O–H groups in total. The Morgan fingerprint density at radius 1 is 1.04 bits per heavy atom. The van der Waals surface area contributed by atoms with Gasteiger partial charge in [0.15, 0.2) is 11.0 Å². The molecular weight excluding hydrogens is 390 g/mol. The fourth-order valence-corrected chi connectivity index (χ4v) is 4.51. The van der Waals surface area contributed by atoms with E-state index < -0.39 is 0 Å². The number of methoxy groups -OCH3 is 1. The van der Waals surface area contributed by atoms with Crippen LogP contribution in [-0.4, -0.2) is 38.4 Å². The number of nitrogens with zero attached hydrogens (tertiary/aromatic N) is 5. The van der Waals surface area contributed by atoms with Gasteiger partial charge in [0.1, 0.15) is 5.01 Å². The minimum atomic E-state index is 0.596. The van der Waals surface area contributed by atoms with E-state index in [1.54, 1.807) is 42.6 Å². The van der Waals surface area contributed by atoms with E-state index in [4.69, 9.17) is 9.72 Å². The Bertz CT molecular complexity index is 1020. The number of aromatic nitrogens is 5. The average Bonchev–Trinajstić information content (AvgIpc) is 3.39. The zero-order chi connectivity index (χ0) is 19.2. The van der Waals surface area contributed by atoms with Gasteiger partial charge in [-0.3, -0.25) is 9.55 Å². The topological polar surface area (TPSA) is 65.7 Å². The minimum Gasteiger partial charge on any atom is -0.383 e. The van der Waals surface area contributed by atoms with E-state index in [9.17, 15) is 0 Å². The number of pyridine rings is 1. The van der Waals surface area contributed by atoms with Crippen molar-refractivity contribution >= 4 is 23.1 Å². The van der Waals surface area contributed by atoms with Crippen molar-refractivity contribution in [2.75, 3.05) is 13.7 Å². The van der Waals surface area contributed by atoms with Crippen molar-refractivity contribution in [3.63, 3.8) is 0 Å². The fourth-order valence-electron chi connectivity index (χ4n) is 2.72. The third-order valence-electron chi connectivity index (χ3n) is 4.10. The lowest BCUT2D eigenvalue weighted by Gasteiger charge is -2.09. The maximum Gasteiger partial charge on any atom is 0.191 e. The summed E-state index contributed by atoms with van der Waals surface area (Å²) in [5.74, 6) is 1.57. The van der Waals surface area contributed by atoms with Crippen molar-refractivity contribution in [1.29, 1.82) is 0 Å². The summed E-state index contributed by atoms with van der Waals surface area (Å²) in [6, 6.07) is 14.1. The highest BCUT2D eigenvalue weighted by Gasteiger charge is 2.15. The van der Waals surface area contributed by atoms with Gasteiger partial charge in [-0.25, -0.2) is 4.98 Å². The van der Waals surface area contributed by atoms with E-state index in [2.05, 4.69) is 37.3 Å². The Morgan fingerprint density at radius 2 is 1.86 bits per heavy atom. The van der Waals surface area contributed by atoms with Crippen LogP contribution in [0.5, 0.6) is 0 Å². The molecule has 0 fully saturated rings. The molecule has 0 spiro atoms. The molecule has 0 aliphatic heterocycles. The summed E-state index contributed by atoms with van der Waals surface area (Å²) in [7, 11) is 1.70. The first-order chi connectivity index (χ1) is 13.8. The molecule has 1 aromatic carbocycles. The second kappa shape index (κ2) is 9.09. The molecular formula is C20H19N5OS2. The molecule has 0 atom stereocenters. The Labute approximate surface area is 171 Å². The van der Waals surface area contributed by atoms with Crippen LogP contribution in [0, 0.1) is 0 Å². The number of benzene rings is 1. The molecule has 0 aliphatic rings. The van der Waals surface area contributed by atoms with Gasteiger partial charge >= 0.3 is 0 Å². The van der Waals surface area contributed by atoms with Crippen molar-refractivity contribution < 1.29 is 4.74 Å². The molecule has 0 amide bonds. The number of thioether (sulfide) groups is 1. The molecule has 4 aromatic rings. The molecule has 0 unspecified atom stereocenters. The summed E-state index contributed by atoms with van der Waals surface area (Å²) in [5.41, 5.74) is 3.18. The molecule has 28 heavy (non-hydrogen) atoms. The highest BCUT2D eigenvalue weighted by molar-refractivity contribution is 7.98. The van der Waals surface area contributed by atoms with Crippen LogP contribution < -0.4 is 0 Å². The van der Waals surface area contributed by atoms with Crippen LogP contribution >= 0.6 is 23.1 Å². The highest BCUT2D eigenvalue weighted by atomic mass is 32.2. The Hall–Kier alpha value is -2.55. The molecule has 0 bridgehead atoms. The van der Waals surface area contributed by atoms with Crippen LogP contribution in [0.25, 0.3) is 22.0 Å². The molecule has 0 aliphatic carbocycles. The summed E-state index contributed by atoms with van der Waals surface area (Å²) in [5, 5.41) is 12.8. The molecule has 142 valence electrons. The van der Waals surface area contributed by atoms with Crippen LogP contribution in [0.2, 0.25) is 0 Å². The molecule has 3 heterocycles. The Balaban J connectivity index is 1.52. The van der Waals surface area contributed by atoms with Crippen molar-refractivity contribution in [1.82, 2.24) is 24.7 Å². The standard InChI is InChI=1S/C20H19N5OS2/c1-26-12-11-25-18(15-7-9-21-10-8-15)23-24-20(25)28-14-17-13-27-19(22-17)16-5-3-2-4-6-16/h2-10,13H,11-12,14H2,1H3. The first kappa shape index (κ1) is 18.8. The monoisotopic (exact) mass is 409 g/mol. The van der Waals surface area contributed by atoms with E-state index in [0.717, 1.165) is 38.6 Å². The lowest BCUT2D eigenvalue weighted by molar-refractivity contribution is 0.185. The van der Waals surface area contributed by atoms with Gasteiger partial charge < -0.3 is 4.74 Å². The number of hydrogen-bond acceptors (Lipinski definition) is 7. The minimum absolute atomic E-state index is 0.596. The zero-order valence-corrected chi connectivity index (χ0v) is 17.0. The van der Waals surface area contributed by atoms with Gasteiger partial charge in [0.2, 0.25) is 0 Å². The molecule has 0 saturated carbocycles. The number of thiazole rings is 1.